The number of hydrogen-bond donors (Lipinski definition) is 1. The molecule has 0 aliphatic carbocycles. The van der Waals surface area contributed by atoms with Crippen molar-refractivity contribution in [2.75, 3.05) is 25.6 Å². The molecule has 1 aliphatic rings. The van der Waals surface area contributed by atoms with E-state index in [1.54, 1.807) is 12.3 Å². The van der Waals surface area contributed by atoms with Crippen LogP contribution in [0, 0.1) is 5.92 Å². The van der Waals surface area contributed by atoms with E-state index < -0.39 is 36.3 Å². The van der Waals surface area contributed by atoms with E-state index >= 15 is 0 Å². The van der Waals surface area contributed by atoms with Crippen molar-refractivity contribution in [1.82, 2.24) is 4.90 Å². The maximum Gasteiger partial charge on any atom is 0.341 e. The average Bonchev–Trinajstić information content (AvgIpc) is 3.25. The summed E-state index contributed by atoms with van der Waals surface area (Å²) >= 11 is 1.20. The molecule has 3 rings (SSSR count). The minimum absolute atomic E-state index is 0.0422. The number of carbonyl (C=O) groups excluding carboxylic acids is 5. The quantitative estimate of drug-likeness (QED) is 0.463. The molecular weight excluding hydrogens is 448 g/mol. The molecule has 1 aromatic carbocycles. The zero-order chi connectivity index (χ0) is 24.3. The Hall–Kier alpha value is -3.53. The van der Waals surface area contributed by atoms with Crippen molar-refractivity contribution in [3.8, 4) is 0 Å². The van der Waals surface area contributed by atoms with Crippen LogP contribution in [-0.2, 0) is 20.7 Å². The summed E-state index contributed by atoms with van der Waals surface area (Å²) in [6.45, 7) is 5.34. The molecule has 0 radical (unpaired) electrons. The second-order valence-electron chi connectivity index (χ2n) is 7.84. The maximum atomic E-state index is 12.4. The Kier molecular flexibility index (Phi) is 7.27. The monoisotopic (exact) mass is 472 g/mol. The van der Waals surface area contributed by atoms with Gasteiger partial charge in [0, 0.05) is 7.05 Å². The fraction of sp³-hybridized carbons (Fsp3) is 0.348. The van der Waals surface area contributed by atoms with Crippen molar-refractivity contribution in [3.05, 3.63) is 51.4 Å². The van der Waals surface area contributed by atoms with E-state index in [-0.39, 0.29) is 23.3 Å². The molecule has 0 spiro atoms. The van der Waals surface area contributed by atoms with E-state index in [9.17, 15) is 24.0 Å². The van der Waals surface area contributed by atoms with Crippen LogP contribution in [-0.4, -0.2) is 54.8 Å². The van der Waals surface area contributed by atoms with Crippen molar-refractivity contribution < 1.29 is 33.4 Å². The molecule has 3 amide bonds. The molecule has 0 unspecified atom stereocenters. The molecule has 10 heteroatoms. The number of amides is 3. The van der Waals surface area contributed by atoms with E-state index in [1.165, 1.54) is 36.6 Å². The Morgan fingerprint density at radius 1 is 1.06 bits per heavy atom. The summed E-state index contributed by atoms with van der Waals surface area (Å²) in [5.74, 6) is -2.63. The van der Waals surface area contributed by atoms with Crippen LogP contribution in [0.5, 0.6) is 0 Å². The molecule has 174 valence electrons. The summed E-state index contributed by atoms with van der Waals surface area (Å²) in [5.41, 5.74) is 1.44. The number of fused-ring (bicyclic) bond motifs is 1. The Bertz CT molecular complexity index is 1140. The second kappa shape index (κ2) is 9.95. The maximum absolute atomic E-state index is 12.4. The smallest absolute Gasteiger partial charge is 0.341 e. The number of anilines is 1. The van der Waals surface area contributed by atoms with Crippen LogP contribution in [0.25, 0.3) is 0 Å². The zero-order valence-corrected chi connectivity index (χ0v) is 19.5. The summed E-state index contributed by atoms with van der Waals surface area (Å²) in [4.78, 5) is 62.2. The van der Waals surface area contributed by atoms with E-state index in [0.717, 1.165) is 10.5 Å². The third kappa shape index (κ3) is 5.11. The summed E-state index contributed by atoms with van der Waals surface area (Å²) in [6.07, 6.45) is 0.643. The van der Waals surface area contributed by atoms with Gasteiger partial charge in [-0.25, -0.2) is 9.59 Å². The Labute approximate surface area is 194 Å². The number of benzene rings is 1. The van der Waals surface area contributed by atoms with Gasteiger partial charge in [-0.15, -0.1) is 11.3 Å². The van der Waals surface area contributed by atoms with E-state index in [4.69, 9.17) is 9.47 Å². The SMILES string of the molecule is CCOC(=O)c1c(CC(C)C)csc1NC(=O)COC(=O)c1ccc2c(c1)C(=O)N(C)C2=O. The van der Waals surface area contributed by atoms with Gasteiger partial charge in [0.05, 0.1) is 28.9 Å². The van der Waals surface area contributed by atoms with E-state index in [1.807, 2.05) is 13.8 Å². The molecule has 2 aromatic rings. The first-order valence-corrected chi connectivity index (χ1v) is 11.2. The standard InChI is InChI=1S/C23H24N2O7S/c1-5-31-23(30)18-14(8-12(2)3)11-33-19(18)24-17(26)10-32-22(29)13-6-7-15-16(9-13)21(28)25(4)20(15)27/h6-7,9,11-12H,5,8,10H2,1-4H3,(H,24,26). The van der Waals surface area contributed by atoms with Crippen LogP contribution >= 0.6 is 11.3 Å². The molecule has 0 saturated carbocycles. The number of esters is 2. The Balaban J connectivity index is 1.67. The van der Waals surface area contributed by atoms with Crippen LogP contribution < -0.4 is 5.32 Å². The first kappa shape index (κ1) is 24.1. The molecule has 0 saturated heterocycles. The normalized spacial score (nSPS) is 12.7. The Morgan fingerprint density at radius 3 is 2.42 bits per heavy atom. The minimum Gasteiger partial charge on any atom is -0.462 e. The number of hydrogen-bond acceptors (Lipinski definition) is 8. The van der Waals surface area contributed by atoms with Crippen molar-refractivity contribution >= 4 is 46.0 Å². The van der Waals surface area contributed by atoms with Crippen LogP contribution in [0.15, 0.2) is 23.6 Å². The van der Waals surface area contributed by atoms with Crippen molar-refractivity contribution in [2.45, 2.75) is 27.2 Å². The van der Waals surface area contributed by atoms with Gasteiger partial charge in [-0.1, -0.05) is 13.8 Å². The van der Waals surface area contributed by atoms with E-state index in [2.05, 4.69) is 5.32 Å². The molecule has 2 heterocycles. The third-order valence-corrected chi connectivity index (χ3v) is 5.83. The van der Waals surface area contributed by atoms with Gasteiger partial charge in [-0.2, -0.15) is 0 Å². The molecule has 1 aromatic heterocycles. The Morgan fingerprint density at radius 2 is 1.76 bits per heavy atom. The first-order valence-electron chi connectivity index (χ1n) is 10.3. The highest BCUT2D eigenvalue weighted by atomic mass is 32.1. The number of carbonyl (C=O) groups is 5. The molecule has 33 heavy (non-hydrogen) atoms. The van der Waals surface area contributed by atoms with Crippen LogP contribution in [0.1, 0.15) is 67.8 Å². The summed E-state index contributed by atoms with van der Waals surface area (Å²) < 4.78 is 10.2. The highest BCUT2D eigenvalue weighted by Crippen LogP contribution is 2.31. The van der Waals surface area contributed by atoms with Gasteiger partial charge < -0.3 is 14.8 Å². The lowest BCUT2D eigenvalue weighted by Gasteiger charge is -2.10. The molecular formula is C23H24N2O7S. The summed E-state index contributed by atoms with van der Waals surface area (Å²) in [5, 5.41) is 4.73. The number of imide groups is 1. The highest BCUT2D eigenvalue weighted by molar-refractivity contribution is 7.15. The van der Waals surface area contributed by atoms with Gasteiger partial charge in [0.15, 0.2) is 6.61 Å². The minimum atomic E-state index is -0.819. The fourth-order valence-electron chi connectivity index (χ4n) is 3.37. The lowest BCUT2D eigenvalue weighted by molar-refractivity contribution is -0.119. The fourth-order valence-corrected chi connectivity index (χ4v) is 4.35. The lowest BCUT2D eigenvalue weighted by Crippen LogP contribution is -2.24. The van der Waals surface area contributed by atoms with Crippen molar-refractivity contribution in [1.29, 1.82) is 0 Å². The molecule has 9 nitrogen and oxygen atoms in total. The predicted molar refractivity (Wildman–Crippen MR) is 121 cm³/mol. The molecule has 1 aliphatic heterocycles. The largest absolute Gasteiger partial charge is 0.462 e. The van der Waals surface area contributed by atoms with Crippen molar-refractivity contribution in [2.24, 2.45) is 5.92 Å². The van der Waals surface area contributed by atoms with Gasteiger partial charge in [0.1, 0.15) is 5.00 Å². The van der Waals surface area contributed by atoms with Crippen LogP contribution in [0.4, 0.5) is 5.00 Å². The predicted octanol–water partition coefficient (Wildman–Crippen LogP) is 3.14. The number of ether oxygens (including phenoxy) is 2. The third-order valence-electron chi connectivity index (χ3n) is 4.89. The number of nitrogens with zero attached hydrogens (tertiary/aromatic N) is 1. The van der Waals surface area contributed by atoms with E-state index in [0.29, 0.717) is 22.9 Å². The molecule has 1 N–H and O–H groups in total. The first-order chi connectivity index (χ1) is 15.6. The van der Waals surface area contributed by atoms with Crippen molar-refractivity contribution in [3.63, 3.8) is 0 Å². The number of thiophene rings is 1. The van der Waals surface area contributed by atoms with Gasteiger partial charge in [0.25, 0.3) is 17.7 Å². The number of rotatable bonds is 8. The summed E-state index contributed by atoms with van der Waals surface area (Å²) in [6, 6.07) is 4.01. The topological polar surface area (TPSA) is 119 Å². The zero-order valence-electron chi connectivity index (χ0n) is 18.7. The lowest BCUT2D eigenvalue weighted by atomic mass is 10.0. The van der Waals surface area contributed by atoms with Crippen LogP contribution in [0.3, 0.4) is 0 Å². The molecule has 0 bridgehead atoms. The molecule has 0 fully saturated rings. The average molecular weight is 473 g/mol. The van der Waals surface area contributed by atoms with Gasteiger partial charge in [-0.3, -0.25) is 19.3 Å². The highest BCUT2D eigenvalue weighted by Gasteiger charge is 2.33. The second-order valence-corrected chi connectivity index (χ2v) is 8.72. The van der Waals surface area contributed by atoms with Gasteiger partial charge >= 0.3 is 11.9 Å². The van der Waals surface area contributed by atoms with Crippen LogP contribution in [0.2, 0.25) is 0 Å². The van der Waals surface area contributed by atoms with Gasteiger partial charge in [0.2, 0.25) is 0 Å². The molecule has 0 atom stereocenters. The van der Waals surface area contributed by atoms with Gasteiger partial charge in [-0.05, 0) is 48.4 Å². The summed E-state index contributed by atoms with van der Waals surface area (Å²) in [7, 11) is 1.36. The number of nitrogens with one attached hydrogen (secondary N) is 1.